The monoisotopic (exact) mass is 299 g/mol. The van der Waals surface area contributed by atoms with Crippen molar-refractivity contribution in [3.63, 3.8) is 0 Å². The zero-order chi connectivity index (χ0) is 15.4. The molecule has 1 atom stereocenters. The Balaban J connectivity index is 1.65. The third kappa shape index (κ3) is 3.08. The van der Waals surface area contributed by atoms with Gasteiger partial charge >= 0.3 is 6.03 Å². The Labute approximate surface area is 129 Å². The van der Waals surface area contributed by atoms with Crippen LogP contribution in [0.4, 0.5) is 9.18 Å². The molecule has 1 aromatic heterocycles. The minimum Gasteiger partial charge on any atom is -0.334 e. The molecule has 1 aliphatic heterocycles. The Morgan fingerprint density at radius 1 is 1.27 bits per heavy atom. The average molecular weight is 299 g/mol. The maximum absolute atomic E-state index is 13.6. The Bertz CT molecular complexity index is 647. The van der Waals surface area contributed by atoms with Gasteiger partial charge in [-0.25, -0.2) is 9.18 Å². The Morgan fingerprint density at radius 2 is 2.05 bits per heavy atom. The second-order valence-electron chi connectivity index (χ2n) is 5.38. The summed E-state index contributed by atoms with van der Waals surface area (Å²) in [5, 5.41) is 2.81. The number of hydrogen-bond donors (Lipinski definition) is 1. The standard InChI is InChI=1S/C17H18FN3O/c18-15-5-2-1-4-14(15)12-20-17(22)21-11-3-6-16(21)13-7-9-19-10-8-13/h1-2,4-5,7-10,16H,3,6,11-12H2,(H,20,22). The van der Waals surface area contributed by atoms with Crippen molar-refractivity contribution in [3.05, 3.63) is 65.7 Å². The molecule has 3 rings (SSSR count). The summed E-state index contributed by atoms with van der Waals surface area (Å²) in [4.78, 5) is 18.2. The number of nitrogens with zero attached hydrogens (tertiary/aromatic N) is 2. The molecule has 0 radical (unpaired) electrons. The van der Waals surface area contributed by atoms with Crippen LogP contribution in [0.2, 0.25) is 0 Å². The van der Waals surface area contributed by atoms with Crippen molar-refractivity contribution in [1.82, 2.24) is 15.2 Å². The molecule has 1 unspecified atom stereocenters. The lowest BCUT2D eigenvalue weighted by Gasteiger charge is -2.25. The number of carbonyl (C=O) groups excluding carboxylic acids is 1. The van der Waals surface area contributed by atoms with Gasteiger partial charge < -0.3 is 10.2 Å². The van der Waals surface area contributed by atoms with Crippen LogP contribution in [0.3, 0.4) is 0 Å². The first-order valence-electron chi connectivity index (χ1n) is 7.43. The minimum atomic E-state index is -0.296. The summed E-state index contributed by atoms with van der Waals surface area (Å²) in [6.45, 7) is 0.918. The van der Waals surface area contributed by atoms with E-state index in [1.165, 1.54) is 6.07 Å². The summed E-state index contributed by atoms with van der Waals surface area (Å²) >= 11 is 0. The van der Waals surface area contributed by atoms with Gasteiger partial charge in [-0.15, -0.1) is 0 Å². The molecule has 0 bridgehead atoms. The first-order chi connectivity index (χ1) is 10.8. The van der Waals surface area contributed by atoms with Gasteiger partial charge in [0.2, 0.25) is 0 Å². The topological polar surface area (TPSA) is 45.2 Å². The van der Waals surface area contributed by atoms with Crippen molar-refractivity contribution >= 4 is 6.03 Å². The third-order valence-electron chi connectivity index (χ3n) is 3.99. The van der Waals surface area contributed by atoms with Crippen molar-refractivity contribution in [1.29, 1.82) is 0 Å². The maximum atomic E-state index is 13.6. The second-order valence-corrected chi connectivity index (χ2v) is 5.38. The predicted molar refractivity (Wildman–Crippen MR) is 81.6 cm³/mol. The smallest absolute Gasteiger partial charge is 0.318 e. The molecule has 1 N–H and O–H groups in total. The largest absolute Gasteiger partial charge is 0.334 e. The van der Waals surface area contributed by atoms with Crippen molar-refractivity contribution in [2.24, 2.45) is 0 Å². The lowest BCUT2D eigenvalue weighted by atomic mass is 10.1. The fourth-order valence-corrected chi connectivity index (χ4v) is 2.86. The van der Waals surface area contributed by atoms with E-state index < -0.39 is 0 Å². The fraction of sp³-hybridized carbons (Fsp3) is 0.294. The van der Waals surface area contributed by atoms with E-state index in [1.54, 1.807) is 30.6 Å². The highest BCUT2D eigenvalue weighted by atomic mass is 19.1. The van der Waals surface area contributed by atoms with Crippen molar-refractivity contribution in [3.8, 4) is 0 Å². The molecule has 1 saturated heterocycles. The van der Waals surface area contributed by atoms with E-state index in [2.05, 4.69) is 10.3 Å². The summed E-state index contributed by atoms with van der Waals surface area (Å²) in [6.07, 6.45) is 5.39. The van der Waals surface area contributed by atoms with E-state index >= 15 is 0 Å². The van der Waals surface area contributed by atoms with Crippen LogP contribution in [0.15, 0.2) is 48.8 Å². The summed E-state index contributed by atoms with van der Waals surface area (Å²) in [7, 11) is 0. The van der Waals surface area contributed by atoms with Crippen molar-refractivity contribution in [2.75, 3.05) is 6.54 Å². The second kappa shape index (κ2) is 6.56. The van der Waals surface area contributed by atoms with E-state index in [4.69, 9.17) is 0 Å². The molecule has 1 fully saturated rings. The zero-order valence-corrected chi connectivity index (χ0v) is 12.2. The number of hydrogen-bond acceptors (Lipinski definition) is 2. The number of halogens is 1. The van der Waals surface area contributed by atoms with Gasteiger partial charge in [-0.1, -0.05) is 18.2 Å². The molecule has 1 aliphatic rings. The van der Waals surface area contributed by atoms with Crippen LogP contribution in [0.5, 0.6) is 0 Å². The predicted octanol–water partition coefficient (Wildman–Crippen LogP) is 3.27. The summed E-state index contributed by atoms with van der Waals surface area (Å²) in [5.41, 5.74) is 1.59. The zero-order valence-electron chi connectivity index (χ0n) is 12.2. The quantitative estimate of drug-likeness (QED) is 0.945. The molecule has 1 aromatic carbocycles. The summed E-state index contributed by atoms with van der Waals surface area (Å²) in [5.74, 6) is -0.296. The molecule has 22 heavy (non-hydrogen) atoms. The van der Waals surface area contributed by atoms with Crippen LogP contribution in [-0.2, 0) is 6.54 Å². The van der Waals surface area contributed by atoms with E-state index in [-0.39, 0.29) is 24.4 Å². The first kappa shape index (κ1) is 14.5. The number of benzene rings is 1. The summed E-state index contributed by atoms with van der Waals surface area (Å²) in [6, 6.07) is 10.3. The molecular weight excluding hydrogens is 281 g/mol. The Morgan fingerprint density at radius 3 is 2.82 bits per heavy atom. The summed E-state index contributed by atoms with van der Waals surface area (Å²) < 4.78 is 13.6. The third-order valence-corrected chi connectivity index (χ3v) is 3.99. The van der Waals surface area contributed by atoms with Crippen LogP contribution < -0.4 is 5.32 Å². The van der Waals surface area contributed by atoms with Crippen LogP contribution >= 0.6 is 0 Å². The molecule has 2 heterocycles. The van der Waals surface area contributed by atoms with Gasteiger partial charge in [-0.3, -0.25) is 4.98 Å². The average Bonchev–Trinajstić information content (AvgIpc) is 3.04. The SMILES string of the molecule is O=C(NCc1ccccc1F)N1CCCC1c1ccncc1. The van der Waals surface area contributed by atoms with Crippen molar-refractivity contribution in [2.45, 2.75) is 25.4 Å². The lowest BCUT2D eigenvalue weighted by molar-refractivity contribution is 0.192. The van der Waals surface area contributed by atoms with E-state index in [1.807, 2.05) is 17.0 Å². The Kier molecular flexibility index (Phi) is 4.32. The number of likely N-dealkylation sites (tertiary alicyclic amines) is 1. The first-order valence-corrected chi connectivity index (χ1v) is 7.43. The molecular formula is C17H18FN3O. The van der Waals surface area contributed by atoms with Gasteiger partial charge in [0.1, 0.15) is 5.82 Å². The normalized spacial score (nSPS) is 17.5. The minimum absolute atomic E-state index is 0.0728. The molecule has 0 saturated carbocycles. The van der Waals surface area contributed by atoms with Crippen LogP contribution in [0, 0.1) is 5.82 Å². The van der Waals surface area contributed by atoms with Gasteiger partial charge in [0, 0.05) is 31.0 Å². The molecule has 4 nitrogen and oxygen atoms in total. The highest BCUT2D eigenvalue weighted by molar-refractivity contribution is 5.75. The number of urea groups is 1. The molecule has 5 heteroatoms. The van der Waals surface area contributed by atoms with Gasteiger partial charge in [-0.05, 0) is 36.6 Å². The molecule has 114 valence electrons. The number of pyridine rings is 1. The van der Waals surface area contributed by atoms with Gasteiger partial charge in [-0.2, -0.15) is 0 Å². The number of carbonyl (C=O) groups is 1. The highest BCUT2D eigenvalue weighted by Crippen LogP contribution is 2.31. The lowest BCUT2D eigenvalue weighted by Crippen LogP contribution is -2.39. The van der Waals surface area contributed by atoms with E-state index in [9.17, 15) is 9.18 Å². The van der Waals surface area contributed by atoms with Gasteiger partial charge in [0.25, 0.3) is 0 Å². The van der Waals surface area contributed by atoms with E-state index in [0.717, 1.165) is 24.9 Å². The van der Waals surface area contributed by atoms with Gasteiger partial charge in [0.05, 0.1) is 6.04 Å². The highest BCUT2D eigenvalue weighted by Gasteiger charge is 2.29. The van der Waals surface area contributed by atoms with Crippen LogP contribution in [-0.4, -0.2) is 22.5 Å². The molecule has 0 spiro atoms. The maximum Gasteiger partial charge on any atom is 0.318 e. The van der Waals surface area contributed by atoms with Crippen LogP contribution in [0.1, 0.15) is 30.0 Å². The van der Waals surface area contributed by atoms with Crippen LogP contribution in [0.25, 0.3) is 0 Å². The molecule has 2 aromatic rings. The Hall–Kier alpha value is -2.43. The molecule has 0 aliphatic carbocycles. The molecule has 2 amide bonds. The van der Waals surface area contributed by atoms with E-state index in [0.29, 0.717) is 5.56 Å². The fourth-order valence-electron chi connectivity index (χ4n) is 2.86. The number of rotatable bonds is 3. The number of aromatic nitrogens is 1. The van der Waals surface area contributed by atoms with Crippen molar-refractivity contribution < 1.29 is 9.18 Å². The number of nitrogens with one attached hydrogen (secondary N) is 1. The van der Waals surface area contributed by atoms with Gasteiger partial charge in [0.15, 0.2) is 0 Å². The number of amides is 2.